The highest BCUT2D eigenvalue weighted by atomic mass is 32.1. The molecule has 7 heteroatoms. The quantitative estimate of drug-likeness (QED) is 0.693. The second kappa shape index (κ2) is 7.28. The van der Waals surface area contributed by atoms with Crippen molar-refractivity contribution in [2.75, 3.05) is 18.5 Å². The van der Waals surface area contributed by atoms with E-state index in [0.29, 0.717) is 35.3 Å². The van der Waals surface area contributed by atoms with Crippen molar-refractivity contribution in [3.63, 3.8) is 0 Å². The van der Waals surface area contributed by atoms with Crippen LogP contribution in [0, 0.1) is 0 Å². The Hall–Kier alpha value is -3.06. The van der Waals surface area contributed by atoms with E-state index in [0.717, 1.165) is 10.1 Å². The fourth-order valence-electron chi connectivity index (χ4n) is 2.72. The molecule has 6 nitrogen and oxygen atoms in total. The zero-order valence-electron chi connectivity index (χ0n) is 14.6. The highest BCUT2D eigenvalue weighted by Gasteiger charge is 2.21. The average molecular weight is 383 g/mol. The number of rotatable bonds is 4. The largest absolute Gasteiger partial charge is 0.486 e. The molecule has 0 unspecified atom stereocenters. The minimum Gasteiger partial charge on any atom is -0.486 e. The Labute approximate surface area is 159 Å². The van der Waals surface area contributed by atoms with Gasteiger partial charge in [0.1, 0.15) is 18.1 Å². The molecule has 0 bridgehead atoms. The molecular formula is C20H17NO5S. The zero-order valence-corrected chi connectivity index (χ0v) is 15.4. The Bertz CT molecular complexity index is 980. The van der Waals surface area contributed by atoms with Gasteiger partial charge in [0.2, 0.25) is 0 Å². The molecule has 1 aliphatic heterocycles. The molecule has 2 aromatic carbocycles. The molecule has 0 aliphatic carbocycles. The number of ether oxygens (including phenoxy) is 3. The summed E-state index contributed by atoms with van der Waals surface area (Å²) < 4.78 is 17.3. The van der Waals surface area contributed by atoms with Gasteiger partial charge < -0.3 is 19.5 Å². The van der Waals surface area contributed by atoms with Crippen molar-refractivity contribution >= 4 is 39.0 Å². The van der Waals surface area contributed by atoms with E-state index in [1.54, 1.807) is 31.2 Å². The van der Waals surface area contributed by atoms with Crippen LogP contribution in [-0.2, 0) is 9.53 Å². The van der Waals surface area contributed by atoms with Gasteiger partial charge in [-0.2, -0.15) is 0 Å². The summed E-state index contributed by atoms with van der Waals surface area (Å²) in [5.74, 6) is 0.291. The van der Waals surface area contributed by atoms with E-state index in [-0.39, 0.29) is 0 Å². The predicted octanol–water partition coefficient (Wildman–Crippen LogP) is 3.86. The summed E-state index contributed by atoms with van der Waals surface area (Å²) in [5, 5.41) is 3.70. The van der Waals surface area contributed by atoms with Crippen LogP contribution in [0.4, 0.5) is 5.69 Å². The van der Waals surface area contributed by atoms with Gasteiger partial charge in [0.15, 0.2) is 17.6 Å². The number of fused-ring (bicyclic) bond motifs is 2. The summed E-state index contributed by atoms with van der Waals surface area (Å²) >= 11 is 1.34. The average Bonchev–Trinajstić information content (AvgIpc) is 3.12. The molecule has 0 saturated carbocycles. The van der Waals surface area contributed by atoms with Crippen molar-refractivity contribution in [1.82, 2.24) is 0 Å². The number of carbonyl (C=O) groups excluding carboxylic acids is 2. The first kappa shape index (κ1) is 17.4. The maximum Gasteiger partial charge on any atom is 0.349 e. The van der Waals surface area contributed by atoms with Crippen molar-refractivity contribution in [2.24, 2.45) is 0 Å². The molecule has 4 rings (SSSR count). The first-order chi connectivity index (χ1) is 13.1. The first-order valence-electron chi connectivity index (χ1n) is 8.50. The maximum absolute atomic E-state index is 12.4. The van der Waals surface area contributed by atoms with E-state index in [4.69, 9.17) is 14.2 Å². The molecular weight excluding hydrogens is 366 g/mol. The molecule has 0 spiro atoms. The third-order valence-corrected chi connectivity index (χ3v) is 5.19. The maximum atomic E-state index is 12.4. The lowest BCUT2D eigenvalue weighted by molar-refractivity contribution is -0.123. The minimum absolute atomic E-state index is 0.416. The van der Waals surface area contributed by atoms with Crippen LogP contribution in [0.5, 0.6) is 11.5 Å². The number of anilines is 1. The standard InChI is InChI=1S/C20H17NO5S/c1-12(26-20(23)18-10-13-4-2-3-5-17(13)27-18)19(22)21-14-6-7-15-16(11-14)25-9-8-24-15/h2-7,10-12H,8-9H2,1H3,(H,21,22)/t12-/m1/s1. The number of carbonyl (C=O) groups is 2. The van der Waals surface area contributed by atoms with Gasteiger partial charge in [0, 0.05) is 16.5 Å². The molecule has 3 aromatic rings. The number of esters is 1. The van der Waals surface area contributed by atoms with E-state index in [1.807, 2.05) is 24.3 Å². The van der Waals surface area contributed by atoms with Crippen LogP contribution in [0.2, 0.25) is 0 Å². The number of nitrogens with one attached hydrogen (secondary N) is 1. The van der Waals surface area contributed by atoms with Crippen LogP contribution in [-0.4, -0.2) is 31.2 Å². The molecule has 1 N–H and O–H groups in total. The lowest BCUT2D eigenvalue weighted by Gasteiger charge is -2.19. The molecule has 27 heavy (non-hydrogen) atoms. The highest BCUT2D eigenvalue weighted by Crippen LogP contribution is 2.32. The van der Waals surface area contributed by atoms with Gasteiger partial charge in [0.05, 0.1) is 0 Å². The summed E-state index contributed by atoms with van der Waals surface area (Å²) in [6.07, 6.45) is -0.934. The Morgan fingerprint density at radius 3 is 2.67 bits per heavy atom. The third kappa shape index (κ3) is 3.73. The number of hydrogen-bond donors (Lipinski definition) is 1. The van der Waals surface area contributed by atoms with Crippen LogP contribution in [0.1, 0.15) is 16.6 Å². The number of amides is 1. The van der Waals surface area contributed by atoms with Crippen LogP contribution in [0.25, 0.3) is 10.1 Å². The second-order valence-electron chi connectivity index (χ2n) is 6.04. The van der Waals surface area contributed by atoms with Gasteiger partial charge in [-0.05, 0) is 36.6 Å². The van der Waals surface area contributed by atoms with Crippen LogP contribution >= 0.6 is 11.3 Å². The highest BCUT2D eigenvalue weighted by molar-refractivity contribution is 7.20. The predicted molar refractivity (Wildman–Crippen MR) is 103 cm³/mol. The van der Waals surface area contributed by atoms with Gasteiger partial charge >= 0.3 is 5.97 Å². The van der Waals surface area contributed by atoms with E-state index in [2.05, 4.69) is 5.32 Å². The van der Waals surface area contributed by atoms with Crippen molar-refractivity contribution in [3.05, 3.63) is 53.4 Å². The summed E-state index contributed by atoms with van der Waals surface area (Å²) in [7, 11) is 0. The SMILES string of the molecule is C[C@@H](OC(=O)c1cc2ccccc2s1)C(=O)Nc1ccc2c(c1)OCCO2. The molecule has 1 amide bonds. The number of hydrogen-bond acceptors (Lipinski definition) is 6. The van der Waals surface area contributed by atoms with Crippen LogP contribution < -0.4 is 14.8 Å². The molecule has 0 fully saturated rings. The minimum atomic E-state index is -0.934. The third-order valence-electron chi connectivity index (χ3n) is 4.09. The monoisotopic (exact) mass is 383 g/mol. The van der Waals surface area contributed by atoms with Crippen LogP contribution in [0.3, 0.4) is 0 Å². The van der Waals surface area contributed by atoms with Crippen molar-refractivity contribution in [2.45, 2.75) is 13.0 Å². The summed E-state index contributed by atoms with van der Waals surface area (Å²) in [5.41, 5.74) is 0.550. The summed E-state index contributed by atoms with van der Waals surface area (Å²) in [6.45, 7) is 2.51. The smallest absolute Gasteiger partial charge is 0.349 e. The Morgan fingerprint density at radius 2 is 1.85 bits per heavy atom. The lowest BCUT2D eigenvalue weighted by atomic mass is 10.2. The van der Waals surface area contributed by atoms with Crippen molar-refractivity contribution in [1.29, 1.82) is 0 Å². The molecule has 1 aromatic heterocycles. The van der Waals surface area contributed by atoms with E-state index in [9.17, 15) is 9.59 Å². The summed E-state index contributed by atoms with van der Waals surface area (Å²) in [6, 6.07) is 14.6. The molecule has 0 saturated heterocycles. The number of thiophene rings is 1. The normalized spacial score (nSPS) is 13.8. The Balaban J connectivity index is 1.40. The topological polar surface area (TPSA) is 73.9 Å². The van der Waals surface area contributed by atoms with E-state index in [1.165, 1.54) is 11.3 Å². The Kier molecular flexibility index (Phi) is 4.68. The van der Waals surface area contributed by atoms with Crippen molar-refractivity contribution in [3.8, 4) is 11.5 Å². The van der Waals surface area contributed by atoms with Gasteiger partial charge in [-0.3, -0.25) is 4.79 Å². The van der Waals surface area contributed by atoms with Gasteiger partial charge in [-0.1, -0.05) is 18.2 Å². The fourth-order valence-corrected chi connectivity index (χ4v) is 3.67. The summed E-state index contributed by atoms with van der Waals surface area (Å²) in [4.78, 5) is 25.2. The van der Waals surface area contributed by atoms with Gasteiger partial charge in [-0.15, -0.1) is 11.3 Å². The Morgan fingerprint density at radius 1 is 1.07 bits per heavy atom. The number of benzene rings is 2. The molecule has 138 valence electrons. The second-order valence-corrected chi connectivity index (χ2v) is 7.13. The first-order valence-corrected chi connectivity index (χ1v) is 9.32. The van der Waals surface area contributed by atoms with Crippen molar-refractivity contribution < 1.29 is 23.8 Å². The van der Waals surface area contributed by atoms with E-state index >= 15 is 0 Å². The molecule has 1 atom stereocenters. The van der Waals surface area contributed by atoms with E-state index < -0.39 is 18.0 Å². The van der Waals surface area contributed by atoms with Gasteiger partial charge in [-0.25, -0.2) is 4.79 Å². The molecule has 2 heterocycles. The molecule has 1 aliphatic rings. The van der Waals surface area contributed by atoms with Gasteiger partial charge in [0.25, 0.3) is 5.91 Å². The fraction of sp³-hybridized carbons (Fsp3) is 0.200. The van der Waals surface area contributed by atoms with Crippen LogP contribution in [0.15, 0.2) is 48.5 Å². The lowest BCUT2D eigenvalue weighted by Crippen LogP contribution is -2.29. The zero-order chi connectivity index (χ0) is 18.8. The molecule has 0 radical (unpaired) electrons.